The third-order valence-electron chi connectivity index (χ3n) is 7.45. The van der Waals surface area contributed by atoms with Crippen molar-refractivity contribution in [3.63, 3.8) is 0 Å². The smallest absolute Gasteiger partial charge is 0.490 e. The van der Waals surface area contributed by atoms with Crippen molar-refractivity contribution < 1.29 is 32.2 Å². The monoisotopic (exact) mass is 532 g/mol. The van der Waals surface area contributed by atoms with Gasteiger partial charge in [0.2, 0.25) is 0 Å². The Kier molecular flexibility index (Phi) is 7.11. The average molecular weight is 533 g/mol. The van der Waals surface area contributed by atoms with Gasteiger partial charge >= 0.3 is 12.3 Å². The lowest BCUT2D eigenvalue weighted by molar-refractivity contribution is -0.274. The van der Waals surface area contributed by atoms with Crippen LogP contribution in [-0.2, 0) is 21.6 Å². The highest BCUT2D eigenvalue weighted by molar-refractivity contribution is 5.75. The third kappa shape index (κ3) is 6.10. The minimum atomic E-state index is -4.77. The summed E-state index contributed by atoms with van der Waals surface area (Å²) in [5.41, 5.74) is 0.568. The zero-order chi connectivity index (χ0) is 27.1. The molecule has 206 valence electrons. The first-order valence-electron chi connectivity index (χ1n) is 13.3. The lowest BCUT2D eigenvalue weighted by Crippen LogP contribution is -2.58. The van der Waals surface area contributed by atoms with E-state index in [0.29, 0.717) is 24.3 Å². The molecule has 4 unspecified atom stereocenters. The lowest BCUT2D eigenvalue weighted by atomic mass is 9.78. The molecule has 2 heterocycles. The molecule has 0 radical (unpaired) electrons. The number of piperidine rings is 1. The van der Waals surface area contributed by atoms with Gasteiger partial charge < -0.3 is 24.8 Å². The van der Waals surface area contributed by atoms with Crippen LogP contribution in [0.5, 0.6) is 11.5 Å². The molecule has 5 rings (SSSR count). The van der Waals surface area contributed by atoms with Crippen LogP contribution in [-0.4, -0.2) is 36.1 Å². The number of alkyl halides is 3. The van der Waals surface area contributed by atoms with E-state index in [1.807, 2.05) is 39.0 Å². The average Bonchev–Trinajstić information content (AvgIpc) is 3.59. The summed E-state index contributed by atoms with van der Waals surface area (Å²) < 4.78 is 54.6. The number of hydrogen-bond donors (Lipinski definition) is 2. The predicted molar refractivity (Wildman–Crippen MR) is 136 cm³/mol. The Hall–Kier alpha value is -2.78. The summed E-state index contributed by atoms with van der Waals surface area (Å²) in [4.78, 5) is 13.2. The van der Waals surface area contributed by atoms with Gasteiger partial charge in [-0.25, -0.2) is 0 Å². The maximum atomic E-state index is 13.2. The number of fused-ring (bicyclic) bond motifs is 2. The second-order valence-electron chi connectivity index (χ2n) is 11.6. The Morgan fingerprint density at radius 3 is 2.45 bits per heavy atom. The highest BCUT2D eigenvalue weighted by Gasteiger charge is 2.56. The van der Waals surface area contributed by atoms with Crippen LogP contribution >= 0.6 is 0 Å². The Morgan fingerprint density at radius 1 is 1.05 bits per heavy atom. The molecule has 2 aromatic rings. The third-order valence-corrected chi connectivity index (χ3v) is 7.45. The number of carbonyl (C=O) groups excluding carboxylic acids is 1. The van der Waals surface area contributed by atoms with E-state index in [1.165, 1.54) is 12.1 Å². The van der Waals surface area contributed by atoms with E-state index in [1.54, 1.807) is 6.07 Å². The number of ether oxygens (including phenoxy) is 3. The molecule has 0 amide bonds. The minimum absolute atomic E-state index is 0.0135. The van der Waals surface area contributed by atoms with Crippen LogP contribution in [0.4, 0.5) is 13.2 Å². The maximum Gasteiger partial charge on any atom is 0.573 e. The van der Waals surface area contributed by atoms with E-state index in [-0.39, 0.29) is 35.8 Å². The fourth-order valence-electron chi connectivity index (χ4n) is 5.73. The Balaban J connectivity index is 1.40. The van der Waals surface area contributed by atoms with E-state index in [2.05, 4.69) is 27.5 Å². The first-order valence-corrected chi connectivity index (χ1v) is 13.3. The molecule has 2 aliphatic heterocycles. The molecule has 2 saturated heterocycles. The van der Waals surface area contributed by atoms with Gasteiger partial charge in [0, 0.05) is 24.2 Å². The van der Waals surface area contributed by atoms with E-state index < -0.39 is 17.5 Å². The molecule has 0 aromatic heterocycles. The van der Waals surface area contributed by atoms with Crippen LogP contribution in [0.3, 0.4) is 0 Å². The largest absolute Gasteiger partial charge is 0.573 e. The Labute approximate surface area is 221 Å². The molecular weight excluding hydrogens is 497 g/mol. The van der Waals surface area contributed by atoms with E-state index in [4.69, 9.17) is 9.47 Å². The molecule has 3 fully saturated rings. The molecule has 2 aromatic carbocycles. The van der Waals surface area contributed by atoms with Crippen molar-refractivity contribution in [1.82, 2.24) is 10.6 Å². The Morgan fingerprint density at radius 2 is 1.79 bits per heavy atom. The normalized spacial score (nSPS) is 27.2. The van der Waals surface area contributed by atoms with Crippen LogP contribution < -0.4 is 20.1 Å². The number of hydrogen-bond acceptors (Lipinski definition) is 6. The number of carbonyl (C=O) groups is 1. The van der Waals surface area contributed by atoms with Gasteiger partial charge in [-0.2, -0.15) is 0 Å². The second-order valence-corrected chi connectivity index (χ2v) is 11.6. The van der Waals surface area contributed by atoms with Crippen molar-refractivity contribution in [2.75, 3.05) is 0 Å². The molecule has 4 atom stereocenters. The predicted octanol–water partition coefficient (Wildman–Crippen LogP) is 5.59. The van der Waals surface area contributed by atoms with Crippen LogP contribution in [0.1, 0.15) is 64.0 Å². The molecule has 6 nitrogen and oxygen atoms in total. The van der Waals surface area contributed by atoms with Gasteiger partial charge in [-0.1, -0.05) is 30.3 Å². The molecular formula is C29H35F3N2O4. The summed E-state index contributed by atoms with van der Waals surface area (Å²) in [5.74, 6) is -0.213. The highest BCUT2D eigenvalue weighted by Crippen LogP contribution is 2.47. The summed E-state index contributed by atoms with van der Waals surface area (Å²) >= 11 is 0. The fourth-order valence-corrected chi connectivity index (χ4v) is 5.73. The zero-order valence-corrected chi connectivity index (χ0v) is 21.9. The fraction of sp³-hybridized carbons (Fsp3) is 0.552. The lowest BCUT2D eigenvalue weighted by Gasteiger charge is -2.43. The van der Waals surface area contributed by atoms with Crippen molar-refractivity contribution in [2.24, 2.45) is 5.92 Å². The maximum absolute atomic E-state index is 13.2. The number of benzene rings is 2. The summed E-state index contributed by atoms with van der Waals surface area (Å²) in [6, 6.07) is 14.2. The van der Waals surface area contributed by atoms with Crippen molar-refractivity contribution >= 4 is 5.97 Å². The van der Waals surface area contributed by atoms with Gasteiger partial charge in [-0.15, -0.1) is 13.2 Å². The highest BCUT2D eigenvalue weighted by atomic mass is 19.4. The van der Waals surface area contributed by atoms with E-state index in [9.17, 15) is 18.0 Å². The topological polar surface area (TPSA) is 68.8 Å². The van der Waals surface area contributed by atoms with Crippen molar-refractivity contribution in [3.05, 3.63) is 59.7 Å². The van der Waals surface area contributed by atoms with Crippen LogP contribution in [0, 0.1) is 5.92 Å². The number of rotatable bonds is 8. The zero-order valence-electron chi connectivity index (χ0n) is 21.9. The van der Waals surface area contributed by atoms with Crippen molar-refractivity contribution in [1.29, 1.82) is 0 Å². The number of nitrogens with one attached hydrogen (secondary N) is 2. The first kappa shape index (κ1) is 26.8. The molecule has 1 aliphatic carbocycles. The summed E-state index contributed by atoms with van der Waals surface area (Å²) in [5, 5.41) is 7.36. The van der Waals surface area contributed by atoms with Crippen molar-refractivity contribution in [2.45, 2.75) is 95.1 Å². The quantitative estimate of drug-likeness (QED) is 0.432. The molecule has 3 aliphatic rings. The number of halogens is 3. The van der Waals surface area contributed by atoms with E-state index >= 15 is 0 Å². The SMILES string of the molecule is CC(C)(C)OC(=O)C1CC2(c3ccccc3)NC1CCC2NCc1cc(OC(F)(F)F)ccc1OC1CC1. The molecule has 0 spiro atoms. The van der Waals surface area contributed by atoms with Gasteiger partial charge in [0.1, 0.15) is 17.1 Å². The number of esters is 1. The van der Waals surface area contributed by atoms with Gasteiger partial charge in [-0.05, 0) is 76.6 Å². The van der Waals surface area contributed by atoms with Crippen LogP contribution in [0.25, 0.3) is 0 Å². The first-order chi connectivity index (χ1) is 17.9. The van der Waals surface area contributed by atoms with Crippen LogP contribution in [0.2, 0.25) is 0 Å². The standard InChI is InChI=1S/C29H35F3N2O4/c1-27(2,3)38-26(35)22-16-28(19-7-5-4-6-8-19)25(14-12-23(22)34-28)33-17-18-15-21(37-29(30,31)32)11-13-24(18)36-20-9-10-20/h4-8,11,13,15,20,22-23,25,33-34H,9-10,12,14,16-17H2,1-3H3. The van der Waals surface area contributed by atoms with E-state index in [0.717, 1.165) is 31.2 Å². The summed E-state index contributed by atoms with van der Waals surface area (Å²) in [6.07, 6.45) is -0.668. The van der Waals surface area contributed by atoms with Gasteiger partial charge in [0.15, 0.2) is 0 Å². The minimum Gasteiger partial charge on any atom is -0.490 e. The summed E-state index contributed by atoms with van der Waals surface area (Å²) in [7, 11) is 0. The van der Waals surface area contributed by atoms with Gasteiger partial charge in [0.25, 0.3) is 0 Å². The molecule has 1 saturated carbocycles. The molecule has 38 heavy (non-hydrogen) atoms. The van der Waals surface area contributed by atoms with Gasteiger partial charge in [0.05, 0.1) is 17.6 Å². The molecule has 2 N–H and O–H groups in total. The van der Waals surface area contributed by atoms with Crippen molar-refractivity contribution in [3.8, 4) is 11.5 Å². The summed E-state index contributed by atoms with van der Waals surface area (Å²) in [6.45, 7) is 5.90. The second kappa shape index (κ2) is 10.1. The molecule has 9 heteroatoms. The molecule has 2 bridgehead atoms. The van der Waals surface area contributed by atoms with Crippen LogP contribution in [0.15, 0.2) is 48.5 Å². The van der Waals surface area contributed by atoms with Gasteiger partial charge in [-0.3, -0.25) is 4.79 Å². The Bertz CT molecular complexity index is 1150.